The van der Waals surface area contributed by atoms with Crippen LogP contribution in [0.5, 0.6) is 0 Å². The standard InChI is InChI=1S/C18H18ClN3O/c1-3-22-16-11-7-6-10-15(16)21-17(22)12(2)20-18(23)13-8-4-5-9-14(13)19/h4-12H,3H2,1-2H3,(H,20,23). The number of aromatic nitrogens is 2. The van der Waals surface area contributed by atoms with Crippen LogP contribution in [-0.4, -0.2) is 15.5 Å². The summed E-state index contributed by atoms with van der Waals surface area (Å²) < 4.78 is 2.12. The van der Waals surface area contributed by atoms with Gasteiger partial charge in [-0.25, -0.2) is 4.98 Å². The number of imidazole rings is 1. The third kappa shape index (κ3) is 2.94. The summed E-state index contributed by atoms with van der Waals surface area (Å²) in [4.78, 5) is 17.1. The van der Waals surface area contributed by atoms with Crippen molar-refractivity contribution in [2.75, 3.05) is 0 Å². The number of carbonyl (C=O) groups excluding carboxylic acids is 1. The molecule has 1 aromatic heterocycles. The first-order chi connectivity index (χ1) is 11.1. The molecule has 0 radical (unpaired) electrons. The van der Waals surface area contributed by atoms with E-state index in [9.17, 15) is 4.79 Å². The molecule has 118 valence electrons. The molecule has 23 heavy (non-hydrogen) atoms. The van der Waals surface area contributed by atoms with Crippen molar-refractivity contribution >= 4 is 28.5 Å². The van der Waals surface area contributed by atoms with Gasteiger partial charge < -0.3 is 9.88 Å². The van der Waals surface area contributed by atoms with E-state index in [1.807, 2.05) is 31.2 Å². The summed E-state index contributed by atoms with van der Waals surface area (Å²) in [6, 6.07) is 14.8. The van der Waals surface area contributed by atoms with Crippen molar-refractivity contribution in [3.63, 3.8) is 0 Å². The van der Waals surface area contributed by atoms with E-state index in [1.165, 1.54) is 0 Å². The van der Waals surface area contributed by atoms with Crippen molar-refractivity contribution in [3.8, 4) is 0 Å². The molecule has 2 aromatic carbocycles. The van der Waals surface area contributed by atoms with Crippen LogP contribution in [0.3, 0.4) is 0 Å². The Hall–Kier alpha value is -2.33. The Kier molecular flexibility index (Phi) is 4.35. The third-order valence-corrected chi connectivity index (χ3v) is 4.18. The van der Waals surface area contributed by atoms with Gasteiger partial charge in [0.25, 0.3) is 5.91 Å². The fourth-order valence-corrected chi connectivity index (χ4v) is 2.96. The number of hydrogen-bond donors (Lipinski definition) is 1. The number of halogens is 1. The van der Waals surface area contributed by atoms with E-state index in [0.717, 1.165) is 23.4 Å². The van der Waals surface area contributed by atoms with Gasteiger partial charge in [0.05, 0.1) is 27.7 Å². The van der Waals surface area contributed by atoms with Gasteiger partial charge in [0, 0.05) is 6.54 Å². The fourth-order valence-electron chi connectivity index (χ4n) is 2.74. The molecule has 0 bridgehead atoms. The minimum absolute atomic E-state index is 0.196. The maximum Gasteiger partial charge on any atom is 0.253 e. The number of aryl methyl sites for hydroxylation is 1. The number of rotatable bonds is 4. The van der Waals surface area contributed by atoms with Crippen LogP contribution in [0.2, 0.25) is 5.02 Å². The van der Waals surface area contributed by atoms with Crippen molar-refractivity contribution in [1.82, 2.24) is 14.9 Å². The molecular formula is C18H18ClN3O. The quantitative estimate of drug-likeness (QED) is 0.780. The number of nitrogens with one attached hydrogen (secondary N) is 1. The average molecular weight is 328 g/mol. The molecule has 3 rings (SSSR count). The van der Waals surface area contributed by atoms with E-state index >= 15 is 0 Å². The number of benzene rings is 2. The van der Waals surface area contributed by atoms with Gasteiger partial charge >= 0.3 is 0 Å². The summed E-state index contributed by atoms with van der Waals surface area (Å²) >= 11 is 6.09. The largest absolute Gasteiger partial charge is 0.342 e. The zero-order chi connectivity index (χ0) is 16.4. The maximum atomic E-state index is 12.4. The molecule has 3 aromatic rings. The molecular weight excluding hydrogens is 310 g/mol. The van der Waals surface area contributed by atoms with Gasteiger partial charge in [0.1, 0.15) is 5.82 Å². The Labute approximate surface area is 140 Å². The Bertz CT molecular complexity index is 856. The molecule has 0 aliphatic rings. The Morgan fingerprint density at radius 2 is 1.91 bits per heavy atom. The maximum absolute atomic E-state index is 12.4. The summed E-state index contributed by atoms with van der Waals surface area (Å²) in [5.74, 6) is 0.645. The molecule has 1 amide bonds. The fraction of sp³-hybridized carbons (Fsp3) is 0.222. The number of para-hydroxylation sites is 2. The van der Waals surface area contributed by atoms with E-state index in [2.05, 4.69) is 21.8 Å². The van der Waals surface area contributed by atoms with Crippen molar-refractivity contribution in [3.05, 3.63) is 64.9 Å². The minimum atomic E-state index is -0.217. The second kappa shape index (κ2) is 6.42. The molecule has 0 saturated heterocycles. The highest BCUT2D eigenvalue weighted by Crippen LogP contribution is 2.22. The number of hydrogen-bond acceptors (Lipinski definition) is 2. The van der Waals surface area contributed by atoms with Crippen LogP contribution in [0.25, 0.3) is 11.0 Å². The first-order valence-electron chi connectivity index (χ1n) is 7.62. The van der Waals surface area contributed by atoms with Crippen molar-refractivity contribution in [2.45, 2.75) is 26.4 Å². The van der Waals surface area contributed by atoms with Crippen molar-refractivity contribution in [2.24, 2.45) is 0 Å². The number of amides is 1. The molecule has 0 aliphatic heterocycles. The summed E-state index contributed by atoms with van der Waals surface area (Å²) in [5, 5.41) is 3.43. The Morgan fingerprint density at radius 1 is 1.22 bits per heavy atom. The normalized spacial score (nSPS) is 12.3. The van der Waals surface area contributed by atoms with Crippen LogP contribution in [0.15, 0.2) is 48.5 Å². The van der Waals surface area contributed by atoms with Gasteiger partial charge in [0.2, 0.25) is 0 Å². The number of fused-ring (bicyclic) bond motifs is 1. The van der Waals surface area contributed by atoms with E-state index in [4.69, 9.17) is 11.6 Å². The van der Waals surface area contributed by atoms with Crippen LogP contribution >= 0.6 is 11.6 Å². The van der Waals surface area contributed by atoms with E-state index in [-0.39, 0.29) is 11.9 Å². The average Bonchev–Trinajstić information content (AvgIpc) is 2.93. The first-order valence-corrected chi connectivity index (χ1v) is 8.00. The predicted octanol–water partition coefficient (Wildman–Crippen LogP) is 4.20. The summed E-state index contributed by atoms with van der Waals surface area (Å²) in [5.41, 5.74) is 2.48. The van der Waals surface area contributed by atoms with Crippen LogP contribution in [0.4, 0.5) is 0 Å². The van der Waals surface area contributed by atoms with Gasteiger partial charge in [0.15, 0.2) is 0 Å². The Balaban J connectivity index is 1.90. The van der Waals surface area contributed by atoms with E-state index in [0.29, 0.717) is 10.6 Å². The minimum Gasteiger partial charge on any atom is -0.342 e. The van der Waals surface area contributed by atoms with Gasteiger partial charge in [-0.15, -0.1) is 0 Å². The molecule has 0 fully saturated rings. The van der Waals surface area contributed by atoms with Gasteiger partial charge in [-0.3, -0.25) is 4.79 Å². The van der Waals surface area contributed by atoms with Crippen LogP contribution in [0, 0.1) is 0 Å². The predicted molar refractivity (Wildman–Crippen MR) is 92.7 cm³/mol. The van der Waals surface area contributed by atoms with Gasteiger partial charge in [-0.05, 0) is 38.1 Å². The van der Waals surface area contributed by atoms with Gasteiger partial charge in [-0.2, -0.15) is 0 Å². The molecule has 1 heterocycles. The SMILES string of the molecule is CCn1c(C(C)NC(=O)c2ccccc2Cl)nc2ccccc21. The Morgan fingerprint density at radius 3 is 2.65 bits per heavy atom. The summed E-state index contributed by atoms with van der Waals surface area (Å²) in [6.07, 6.45) is 0. The van der Waals surface area contributed by atoms with E-state index in [1.54, 1.807) is 24.3 Å². The lowest BCUT2D eigenvalue weighted by atomic mass is 10.2. The summed E-state index contributed by atoms with van der Waals surface area (Å²) in [7, 11) is 0. The molecule has 0 aliphatic carbocycles. The second-order valence-corrected chi connectivity index (χ2v) is 5.79. The third-order valence-electron chi connectivity index (χ3n) is 3.85. The second-order valence-electron chi connectivity index (χ2n) is 5.38. The lowest BCUT2D eigenvalue weighted by Gasteiger charge is -2.15. The topological polar surface area (TPSA) is 46.9 Å². The van der Waals surface area contributed by atoms with Crippen molar-refractivity contribution in [1.29, 1.82) is 0 Å². The molecule has 5 heteroatoms. The lowest BCUT2D eigenvalue weighted by molar-refractivity contribution is 0.0938. The smallest absolute Gasteiger partial charge is 0.253 e. The highest BCUT2D eigenvalue weighted by molar-refractivity contribution is 6.33. The van der Waals surface area contributed by atoms with Crippen LogP contribution in [-0.2, 0) is 6.54 Å². The van der Waals surface area contributed by atoms with Crippen LogP contribution in [0.1, 0.15) is 36.1 Å². The molecule has 1 atom stereocenters. The molecule has 4 nitrogen and oxygen atoms in total. The lowest BCUT2D eigenvalue weighted by Crippen LogP contribution is -2.28. The zero-order valence-corrected chi connectivity index (χ0v) is 13.8. The number of carbonyl (C=O) groups is 1. The molecule has 0 spiro atoms. The highest BCUT2D eigenvalue weighted by Gasteiger charge is 2.19. The monoisotopic (exact) mass is 327 g/mol. The van der Waals surface area contributed by atoms with Crippen molar-refractivity contribution < 1.29 is 4.79 Å². The molecule has 1 unspecified atom stereocenters. The van der Waals surface area contributed by atoms with Crippen LogP contribution < -0.4 is 5.32 Å². The van der Waals surface area contributed by atoms with Gasteiger partial charge in [-0.1, -0.05) is 35.9 Å². The zero-order valence-electron chi connectivity index (χ0n) is 13.1. The highest BCUT2D eigenvalue weighted by atomic mass is 35.5. The first kappa shape index (κ1) is 15.6. The molecule has 0 saturated carbocycles. The van der Waals surface area contributed by atoms with E-state index < -0.39 is 0 Å². The summed E-state index contributed by atoms with van der Waals surface area (Å²) in [6.45, 7) is 4.80. The number of nitrogens with zero attached hydrogens (tertiary/aromatic N) is 2. The molecule has 1 N–H and O–H groups in total.